The maximum Gasteiger partial charge on any atom is 0.315 e. The summed E-state index contributed by atoms with van der Waals surface area (Å²) >= 11 is 0. The highest BCUT2D eigenvalue weighted by Gasteiger charge is 2.34. The monoisotopic (exact) mass is 303 g/mol. The van der Waals surface area contributed by atoms with Crippen LogP contribution in [-0.4, -0.2) is 30.1 Å². The summed E-state index contributed by atoms with van der Waals surface area (Å²) in [6.07, 6.45) is 0.628. The second-order valence-electron chi connectivity index (χ2n) is 7.03. The number of hydrogen-bond acceptors (Lipinski definition) is 2. The van der Waals surface area contributed by atoms with Gasteiger partial charge in [-0.15, -0.1) is 0 Å². The van der Waals surface area contributed by atoms with Crippen molar-refractivity contribution in [2.45, 2.75) is 52.6 Å². The van der Waals surface area contributed by atoms with Gasteiger partial charge in [0.1, 0.15) is 6.04 Å². The van der Waals surface area contributed by atoms with E-state index in [1.807, 2.05) is 46.8 Å². The van der Waals surface area contributed by atoms with Gasteiger partial charge in [0.2, 0.25) is 5.91 Å². The van der Waals surface area contributed by atoms with E-state index in [1.54, 1.807) is 4.90 Å². The molecule has 1 fully saturated rings. The van der Waals surface area contributed by atoms with Crippen molar-refractivity contribution < 1.29 is 9.59 Å². The molecule has 1 aromatic carbocycles. The SMILES string of the molecule is Cc1cc(C)cc(N2CCC(NC(=O)NC(C)(C)C)C2=O)c1. The number of amides is 3. The first-order chi connectivity index (χ1) is 10.2. The predicted molar refractivity (Wildman–Crippen MR) is 88.1 cm³/mol. The van der Waals surface area contributed by atoms with Crippen LogP contribution >= 0.6 is 0 Å². The molecule has 120 valence electrons. The fourth-order valence-electron chi connectivity index (χ4n) is 2.71. The highest BCUT2D eigenvalue weighted by molar-refractivity contribution is 6.01. The number of urea groups is 1. The zero-order chi connectivity index (χ0) is 16.5. The van der Waals surface area contributed by atoms with E-state index in [-0.39, 0.29) is 17.5 Å². The third-order valence-corrected chi connectivity index (χ3v) is 3.52. The summed E-state index contributed by atoms with van der Waals surface area (Å²) in [7, 11) is 0. The molecule has 5 heteroatoms. The Balaban J connectivity index is 2.05. The van der Waals surface area contributed by atoms with Crippen molar-refractivity contribution in [3.05, 3.63) is 29.3 Å². The van der Waals surface area contributed by atoms with Gasteiger partial charge in [-0.05, 0) is 64.3 Å². The summed E-state index contributed by atoms with van der Waals surface area (Å²) in [4.78, 5) is 26.2. The Morgan fingerprint density at radius 3 is 2.32 bits per heavy atom. The topological polar surface area (TPSA) is 61.4 Å². The number of carbonyl (C=O) groups is 2. The van der Waals surface area contributed by atoms with Crippen molar-refractivity contribution in [2.75, 3.05) is 11.4 Å². The van der Waals surface area contributed by atoms with Gasteiger partial charge in [-0.25, -0.2) is 4.79 Å². The molecular weight excluding hydrogens is 278 g/mol. The minimum atomic E-state index is -0.455. The standard InChI is InChI=1S/C17H25N3O2/c1-11-8-12(2)10-13(9-11)20-7-6-14(15(20)21)18-16(22)19-17(3,4)5/h8-10,14H,6-7H2,1-5H3,(H2,18,19,22). The van der Waals surface area contributed by atoms with Gasteiger partial charge in [0, 0.05) is 17.8 Å². The van der Waals surface area contributed by atoms with Crippen LogP contribution in [0, 0.1) is 13.8 Å². The number of nitrogens with zero attached hydrogens (tertiary/aromatic N) is 1. The number of nitrogens with one attached hydrogen (secondary N) is 2. The minimum absolute atomic E-state index is 0.0472. The quantitative estimate of drug-likeness (QED) is 0.882. The highest BCUT2D eigenvalue weighted by Crippen LogP contribution is 2.24. The lowest BCUT2D eigenvalue weighted by atomic mass is 10.1. The van der Waals surface area contributed by atoms with Gasteiger partial charge in [-0.3, -0.25) is 4.79 Å². The molecule has 1 saturated heterocycles. The number of rotatable bonds is 2. The largest absolute Gasteiger partial charge is 0.334 e. The summed E-state index contributed by atoms with van der Waals surface area (Å²) in [6.45, 7) is 10.4. The molecule has 0 saturated carbocycles. The van der Waals surface area contributed by atoms with Gasteiger partial charge in [-0.2, -0.15) is 0 Å². The molecule has 0 spiro atoms. The van der Waals surface area contributed by atoms with Crippen LogP contribution in [0.1, 0.15) is 38.3 Å². The molecule has 0 bridgehead atoms. The summed E-state index contributed by atoms with van der Waals surface area (Å²) in [5, 5.41) is 5.59. The van der Waals surface area contributed by atoms with Gasteiger partial charge in [0.25, 0.3) is 0 Å². The van der Waals surface area contributed by atoms with Gasteiger partial charge < -0.3 is 15.5 Å². The molecule has 5 nitrogen and oxygen atoms in total. The Bertz CT molecular complexity index is 570. The van der Waals surface area contributed by atoms with Gasteiger partial charge >= 0.3 is 6.03 Å². The van der Waals surface area contributed by atoms with E-state index in [2.05, 4.69) is 16.7 Å². The molecule has 3 amide bonds. The lowest BCUT2D eigenvalue weighted by Crippen LogP contribution is -2.51. The molecule has 22 heavy (non-hydrogen) atoms. The molecule has 1 atom stereocenters. The molecule has 0 aliphatic carbocycles. The van der Waals surface area contributed by atoms with Gasteiger partial charge in [0.15, 0.2) is 0 Å². The summed E-state index contributed by atoms with van der Waals surface area (Å²) in [5.74, 6) is -0.0472. The fraction of sp³-hybridized carbons (Fsp3) is 0.529. The fourth-order valence-corrected chi connectivity index (χ4v) is 2.71. The first kappa shape index (κ1) is 16.3. The number of hydrogen-bond donors (Lipinski definition) is 2. The molecule has 0 radical (unpaired) electrons. The lowest BCUT2D eigenvalue weighted by molar-refractivity contribution is -0.118. The molecule has 0 aromatic heterocycles. The van der Waals surface area contributed by atoms with E-state index < -0.39 is 6.04 Å². The summed E-state index contributed by atoms with van der Waals surface area (Å²) < 4.78 is 0. The average molecular weight is 303 g/mol. The van der Waals surface area contributed by atoms with Crippen LogP contribution in [0.25, 0.3) is 0 Å². The van der Waals surface area contributed by atoms with E-state index in [4.69, 9.17) is 0 Å². The molecular formula is C17H25N3O2. The Morgan fingerprint density at radius 1 is 1.18 bits per heavy atom. The molecule has 1 unspecified atom stereocenters. The number of benzene rings is 1. The van der Waals surface area contributed by atoms with Crippen LogP contribution < -0.4 is 15.5 Å². The molecule has 2 rings (SSSR count). The Labute approximate surface area is 132 Å². The lowest BCUT2D eigenvalue weighted by Gasteiger charge is -2.23. The van der Waals surface area contributed by atoms with Crippen molar-refractivity contribution >= 4 is 17.6 Å². The Hall–Kier alpha value is -2.04. The molecule has 1 aromatic rings. The summed E-state index contributed by atoms with van der Waals surface area (Å²) in [6, 6.07) is 5.33. The van der Waals surface area contributed by atoms with Crippen LogP contribution in [0.2, 0.25) is 0 Å². The van der Waals surface area contributed by atoms with Crippen molar-refractivity contribution in [1.29, 1.82) is 0 Å². The number of aryl methyl sites for hydroxylation is 2. The van der Waals surface area contributed by atoms with E-state index in [1.165, 1.54) is 0 Å². The minimum Gasteiger partial charge on any atom is -0.334 e. The molecule has 1 aliphatic heterocycles. The van der Waals surface area contributed by atoms with Crippen molar-refractivity contribution in [3.8, 4) is 0 Å². The molecule has 2 N–H and O–H groups in total. The Kier molecular flexibility index (Phi) is 4.44. The number of anilines is 1. The van der Waals surface area contributed by atoms with Crippen LogP contribution in [0.15, 0.2) is 18.2 Å². The van der Waals surface area contributed by atoms with Crippen molar-refractivity contribution in [3.63, 3.8) is 0 Å². The molecule has 1 aliphatic rings. The first-order valence-electron chi connectivity index (χ1n) is 7.64. The van der Waals surface area contributed by atoms with Crippen LogP contribution in [0.5, 0.6) is 0 Å². The van der Waals surface area contributed by atoms with Gasteiger partial charge in [0.05, 0.1) is 0 Å². The zero-order valence-corrected chi connectivity index (χ0v) is 14.0. The van der Waals surface area contributed by atoms with Crippen LogP contribution in [-0.2, 0) is 4.79 Å². The summed E-state index contributed by atoms with van der Waals surface area (Å²) in [5.41, 5.74) is 2.84. The van der Waals surface area contributed by atoms with Gasteiger partial charge in [-0.1, -0.05) is 6.07 Å². The number of carbonyl (C=O) groups excluding carboxylic acids is 2. The van der Waals surface area contributed by atoms with Crippen molar-refractivity contribution in [2.24, 2.45) is 0 Å². The average Bonchev–Trinajstić information content (AvgIpc) is 2.67. The highest BCUT2D eigenvalue weighted by atomic mass is 16.2. The Morgan fingerprint density at radius 2 is 1.77 bits per heavy atom. The van der Waals surface area contributed by atoms with E-state index in [0.29, 0.717) is 13.0 Å². The maximum atomic E-state index is 12.5. The van der Waals surface area contributed by atoms with E-state index in [0.717, 1.165) is 16.8 Å². The second kappa shape index (κ2) is 5.99. The maximum absolute atomic E-state index is 12.5. The van der Waals surface area contributed by atoms with Crippen LogP contribution in [0.3, 0.4) is 0 Å². The normalized spacial score (nSPS) is 18.5. The van der Waals surface area contributed by atoms with E-state index in [9.17, 15) is 9.59 Å². The van der Waals surface area contributed by atoms with Crippen LogP contribution in [0.4, 0.5) is 10.5 Å². The smallest absolute Gasteiger partial charge is 0.315 e. The first-order valence-corrected chi connectivity index (χ1v) is 7.64. The third-order valence-electron chi connectivity index (χ3n) is 3.52. The predicted octanol–water partition coefficient (Wildman–Crippen LogP) is 2.51. The zero-order valence-electron chi connectivity index (χ0n) is 14.0. The second-order valence-corrected chi connectivity index (χ2v) is 7.03. The van der Waals surface area contributed by atoms with Crippen molar-refractivity contribution in [1.82, 2.24) is 10.6 Å². The molecule has 1 heterocycles. The third kappa shape index (κ3) is 4.00. The van der Waals surface area contributed by atoms with E-state index >= 15 is 0 Å².